The third kappa shape index (κ3) is 3.36. The van der Waals surface area contributed by atoms with Crippen LogP contribution in [0.5, 0.6) is 0 Å². The second-order valence-corrected chi connectivity index (χ2v) is 6.07. The molecule has 1 amide bonds. The zero-order valence-corrected chi connectivity index (χ0v) is 12.9. The Bertz CT molecular complexity index is 683. The monoisotopic (exact) mass is 316 g/mol. The van der Waals surface area contributed by atoms with E-state index in [1.807, 2.05) is 24.3 Å². The molecule has 0 aliphatic heterocycles. The highest BCUT2D eigenvalue weighted by molar-refractivity contribution is 5.87. The molecule has 0 radical (unpaired) electrons. The zero-order valence-electron chi connectivity index (χ0n) is 12.9. The van der Waals surface area contributed by atoms with Crippen molar-refractivity contribution in [3.05, 3.63) is 30.2 Å². The lowest BCUT2D eigenvalue weighted by Gasteiger charge is -2.33. The summed E-state index contributed by atoms with van der Waals surface area (Å²) in [6.45, 7) is 0. The molecular weight excluding hydrogens is 296 g/mol. The summed E-state index contributed by atoms with van der Waals surface area (Å²) in [5.74, 6) is -0.710. The fourth-order valence-corrected chi connectivity index (χ4v) is 3.12. The van der Waals surface area contributed by atoms with Crippen molar-refractivity contribution in [2.24, 2.45) is 0 Å². The first kappa shape index (κ1) is 15.5. The van der Waals surface area contributed by atoms with E-state index in [4.69, 9.17) is 4.42 Å². The number of aliphatic carboxylic acids is 1. The fraction of sp³-hybridized carbons (Fsp3) is 0.471. The summed E-state index contributed by atoms with van der Waals surface area (Å²) in [4.78, 5) is 28.0. The normalized spacial score (nSPS) is 17.0. The topological polar surface area (TPSA) is 92.4 Å². The van der Waals surface area contributed by atoms with Crippen LogP contribution in [0.15, 0.2) is 28.7 Å². The van der Waals surface area contributed by atoms with Crippen LogP contribution in [0.1, 0.15) is 44.4 Å². The molecule has 2 aromatic rings. The zero-order chi connectivity index (χ0) is 16.3. The average molecular weight is 316 g/mol. The molecule has 0 unspecified atom stereocenters. The molecule has 0 spiro atoms. The number of carboxylic acid groups (broad SMARTS) is 1. The van der Waals surface area contributed by atoms with Gasteiger partial charge in [-0.1, -0.05) is 31.4 Å². The highest BCUT2D eigenvalue weighted by atomic mass is 16.4. The maximum absolute atomic E-state index is 12.2. The van der Waals surface area contributed by atoms with E-state index in [1.165, 1.54) is 0 Å². The Labute approximate surface area is 133 Å². The maximum Gasteiger partial charge on any atom is 0.329 e. The largest absolute Gasteiger partial charge is 0.480 e. The van der Waals surface area contributed by atoms with E-state index in [0.29, 0.717) is 30.7 Å². The molecule has 1 aromatic carbocycles. The Hall–Kier alpha value is -2.37. The summed E-state index contributed by atoms with van der Waals surface area (Å²) in [7, 11) is 0. The molecular formula is C17H20N2O4. The number of rotatable bonds is 5. The first-order valence-electron chi connectivity index (χ1n) is 7.98. The quantitative estimate of drug-likeness (QED) is 0.884. The summed E-state index contributed by atoms with van der Waals surface area (Å²) < 4.78 is 5.57. The Kier molecular flexibility index (Phi) is 4.32. The van der Waals surface area contributed by atoms with E-state index in [1.54, 1.807) is 0 Å². The molecule has 1 heterocycles. The number of aryl methyl sites for hydroxylation is 1. The van der Waals surface area contributed by atoms with Gasteiger partial charge in [-0.05, 0) is 25.0 Å². The number of hydrogen-bond donors (Lipinski definition) is 2. The predicted molar refractivity (Wildman–Crippen MR) is 83.9 cm³/mol. The summed E-state index contributed by atoms with van der Waals surface area (Å²) in [5.41, 5.74) is 0.353. The summed E-state index contributed by atoms with van der Waals surface area (Å²) >= 11 is 0. The van der Waals surface area contributed by atoms with Crippen molar-refractivity contribution in [2.75, 3.05) is 0 Å². The second kappa shape index (κ2) is 6.40. The molecule has 23 heavy (non-hydrogen) atoms. The minimum Gasteiger partial charge on any atom is -0.480 e. The van der Waals surface area contributed by atoms with E-state index >= 15 is 0 Å². The number of amides is 1. The van der Waals surface area contributed by atoms with Gasteiger partial charge in [0.15, 0.2) is 11.5 Å². The number of carbonyl (C=O) groups is 2. The Morgan fingerprint density at radius 2 is 1.96 bits per heavy atom. The van der Waals surface area contributed by atoms with E-state index in [2.05, 4.69) is 10.3 Å². The predicted octanol–water partition coefficient (Wildman–Crippen LogP) is 2.66. The van der Waals surface area contributed by atoms with Crippen molar-refractivity contribution in [3.63, 3.8) is 0 Å². The van der Waals surface area contributed by atoms with Gasteiger partial charge in [0.05, 0.1) is 0 Å². The lowest BCUT2D eigenvalue weighted by atomic mass is 9.81. The van der Waals surface area contributed by atoms with Crippen LogP contribution in [-0.2, 0) is 16.0 Å². The van der Waals surface area contributed by atoms with Crippen molar-refractivity contribution in [2.45, 2.75) is 50.5 Å². The van der Waals surface area contributed by atoms with E-state index in [0.717, 1.165) is 24.8 Å². The summed E-state index contributed by atoms with van der Waals surface area (Å²) in [6.07, 6.45) is 4.20. The Morgan fingerprint density at radius 1 is 1.22 bits per heavy atom. The van der Waals surface area contributed by atoms with Gasteiger partial charge in [-0.2, -0.15) is 0 Å². The Morgan fingerprint density at radius 3 is 2.65 bits per heavy atom. The molecule has 0 saturated heterocycles. The molecule has 122 valence electrons. The number of carbonyl (C=O) groups excluding carboxylic acids is 1. The number of nitrogens with one attached hydrogen (secondary N) is 1. The van der Waals surface area contributed by atoms with Crippen LogP contribution >= 0.6 is 0 Å². The standard InChI is InChI=1S/C17H20N2O4/c20-14(19-17(16(21)22)10-4-1-5-11-17)8-9-15-18-12-6-2-3-7-13(12)23-15/h2-3,6-7H,1,4-5,8-11H2,(H,19,20)(H,21,22). The van der Waals surface area contributed by atoms with E-state index in [-0.39, 0.29) is 12.3 Å². The number of benzene rings is 1. The molecule has 6 nitrogen and oxygen atoms in total. The molecule has 6 heteroatoms. The summed E-state index contributed by atoms with van der Waals surface area (Å²) in [6, 6.07) is 7.42. The molecule has 1 saturated carbocycles. The van der Waals surface area contributed by atoms with Crippen molar-refractivity contribution in [1.82, 2.24) is 10.3 Å². The van der Waals surface area contributed by atoms with Crippen LogP contribution in [0.4, 0.5) is 0 Å². The van der Waals surface area contributed by atoms with Crippen molar-refractivity contribution < 1.29 is 19.1 Å². The minimum atomic E-state index is -1.10. The number of carboxylic acids is 1. The molecule has 1 aliphatic rings. The number of nitrogens with zero attached hydrogens (tertiary/aromatic N) is 1. The maximum atomic E-state index is 12.2. The third-order valence-corrected chi connectivity index (χ3v) is 4.40. The van der Waals surface area contributed by atoms with Gasteiger partial charge in [0, 0.05) is 12.8 Å². The van der Waals surface area contributed by atoms with Gasteiger partial charge in [-0.25, -0.2) is 9.78 Å². The summed E-state index contributed by atoms with van der Waals surface area (Å²) in [5, 5.41) is 12.2. The van der Waals surface area contributed by atoms with Gasteiger partial charge in [-0.15, -0.1) is 0 Å². The first-order valence-corrected chi connectivity index (χ1v) is 7.98. The van der Waals surface area contributed by atoms with Crippen LogP contribution in [0.2, 0.25) is 0 Å². The highest BCUT2D eigenvalue weighted by Crippen LogP contribution is 2.28. The lowest BCUT2D eigenvalue weighted by Crippen LogP contribution is -2.55. The van der Waals surface area contributed by atoms with Gasteiger partial charge in [0.1, 0.15) is 11.1 Å². The van der Waals surface area contributed by atoms with Crippen molar-refractivity contribution >= 4 is 23.0 Å². The molecule has 3 rings (SSSR count). The number of oxazole rings is 1. The Balaban J connectivity index is 1.61. The molecule has 0 atom stereocenters. The molecule has 0 bridgehead atoms. The molecule has 2 N–H and O–H groups in total. The van der Waals surface area contributed by atoms with Crippen molar-refractivity contribution in [1.29, 1.82) is 0 Å². The van der Waals surface area contributed by atoms with Gasteiger partial charge >= 0.3 is 5.97 Å². The molecule has 1 aliphatic carbocycles. The van der Waals surface area contributed by atoms with Crippen LogP contribution in [-0.4, -0.2) is 27.5 Å². The van der Waals surface area contributed by atoms with E-state index < -0.39 is 11.5 Å². The SMILES string of the molecule is O=C(CCc1nc2ccccc2o1)NC1(C(=O)O)CCCCC1. The lowest BCUT2D eigenvalue weighted by molar-refractivity contribution is -0.149. The molecule has 1 aromatic heterocycles. The van der Waals surface area contributed by atoms with Gasteiger partial charge in [-0.3, -0.25) is 4.79 Å². The van der Waals surface area contributed by atoms with Crippen molar-refractivity contribution in [3.8, 4) is 0 Å². The smallest absolute Gasteiger partial charge is 0.329 e. The average Bonchev–Trinajstić information content (AvgIpc) is 2.96. The molecule has 1 fully saturated rings. The second-order valence-electron chi connectivity index (χ2n) is 6.07. The van der Waals surface area contributed by atoms with Crippen LogP contribution in [0.25, 0.3) is 11.1 Å². The minimum absolute atomic E-state index is 0.169. The third-order valence-electron chi connectivity index (χ3n) is 4.40. The highest BCUT2D eigenvalue weighted by Gasteiger charge is 2.40. The van der Waals surface area contributed by atoms with Gasteiger partial charge in [0.2, 0.25) is 5.91 Å². The fourth-order valence-electron chi connectivity index (χ4n) is 3.12. The first-order chi connectivity index (χ1) is 11.1. The van der Waals surface area contributed by atoms with Crippen LogP contribution in [0, 0.1) is 0 Å². The number of fused-ring (bicyclic) bond motifs is 1. The number of aromatic nitrogens is 1. The number of para-hydroxylation sites is 2. The van der Waals surface area contributed by atoms with Gasteiger partial charge < -0.3 is 14.8 Å². The van der Waals surface area contributed by atoms with Crippen LogP contribution < -0.4 is 5.32 Å². The number of hydrogen-bond acceptors (Lipinski definition) is 4. The van der Waals surface area contributed by atoms with Gasteiger partial charge in [0.25, 0.3) is 0 Å². The van der Waals surface area contributed by atoms with Crippen LogP contribution in [0.3, 0.4) is 0 Å². The van der Waals surface area contributed by atoms with E-state index in [9.17, 15) is 14.7 Å².